The molecule has 9 heteroatoms. The van der Waals surface area contributed by atoms with E-state index in [9.17, 15) is 24.8 Å². The van der Waals surface area contributed by atoms with Crippen molar-refractivity contribution in [2.45, 2.75) is 31.3 Å². The number of aromatic carboxylic acids is 1. The van der Waals surface area contributed by atoms with Gasteiger partial charge in [0, 0.05) is 50.5 Å². The number of carboxylic acid groups (broad SMARTS) is 1. The number of rotatable bonds is 4. The molecule has 3 fully saturated rings. The Morgan fingerprint density at radius 2 is 1.93 bits per heavy atom. The van der Waals surface area contributed by atoms with Crippen LogP contribution in [0.5, 0.6) is 0 Å². The van der Waals surface area contributed by atoms with Gasteiger partial charge in [0.2, 0.25) is 5.43 Å². The SMILES string of the molecule is O=C(O)c1cn(C2CC2)c2cc(N3CCN4CCC3C4)c([N+](=O)[O-])cc2c1=O. The lowest BCUT2D eigenvalue weighted by molar-refractivity contribution is -0.384. The normalized spacial score (nSPS) is 23.9. The van der Waals surface area contributed by atoms with Gasteiger partial charge < -0.3 is 14.6 Å². The molecule has 28 heavy (non-hydrogen) atoms. The molecule has 0 amide bonds. The Labute approximate surface area is 159 Å². The lowest BCUT2D eigenvalue weighted by Crippen LogP contribution is -2.47. The molecule has 2 aliphatic heterocycles. The smallest absolute Gasteiger partial charge is 0.341 e. The van der Waals surface area contributed by atoms with Crippen molar-refractivity contribution in [3.8, 4) is 0 Å². The molecule has 0 radical (unpaired) electrons. The molecule has 0 spiro atoms. The summed E-state index contributed by atoms with van der Waals surface area (Å²) >= 11 is 0. The zero-order chi connectivity index (χ0) is 19.6. The Kier molecular flexibility index (Phi) is 3.70. The van der Waals surface area contributed by atoms with Crippen LogP contribution in [0.4, 0.5) is 11.4 Å². The number of benzene rings is 1. The van der Waals surface area contributed by atoms with Gasteiger partial charge in [-0.3, -0.25) is 19.8 Å². The van der Waals surface area contributed by atoms with E-state index in [-0.39, 0.29) is 28.7 Å². The molecule has 1 saturated carbocycles. The minimum atomic E-state index is -1.31. The molecule has 1 aromatic heterocycles. The average molecular weight is 384 g/mol. The summed E-state index contributed by atoms with van der Waals surface area (Å²) in [5.74, 6) is -1.31. The van der Waals surface area contributed by atoms with Crippen LogP contribution in [0.25, 0.3) is 10.9 Å². The van der Waals surface area contributed by atoms with Gasteiger partial charge >= 0.3 is 5.97 Å². The third kappa shape index (κ3) is 2.57. The third-order valence-corrected chi connectivity index (χ3v) is 6.15. The van der Waals surface area contributed by atoms with Crippen LogP contribution in [0, 0.1) is 10.1 Å². The lowest BCUT2D eigenvalue weighted by Gasteiger charge is -2.36. The van der Waals surface area contributed by atoms with Crippen LogP contribution in [-0.2, 0) is 0 Å². The Morgan fingerprint density at radius 3 is 2.61 bits per heavy atom. The zero-order valence-corrected chi connectivity index (χ0v) is 15.2. The molecule has 2 aromatic rings. The van der Waals surface area contributed by atoms with E-state index < -0.39 is 16.3 Å². The molecule has 1 aromatic carbocycles. The number of nitro groups is 1. The number of nitro benzene ring substituents is 1. The number of nitrogens with zero attached hydrogens (tertiary/aromatic N) is 4. The molecule has 2 bridgehead atoms. The number of pyridine rings is 1. The minimum Gasteiger partial charge on any atom is -0.477 e. The monoisotopic (exact) mass is 384 g/mol. The van der Waals surface area contributed by atoms with Crippen LogP contribution < -0.4 is 10.3 Å². The summed E-state index contributed by atoms with van der Waals surface area (Å²) in [5, 5.41) is 21.3. The van der Waals surface area contributed by atoms with Crippen molar-refractivity contribution in [1.29, 1.82) is 0 Å². The maximum Gasteiger partial charge on any atom is 0.341 e. The number of anilines is 1. The quantitative estimate of drug-likeness (QED) is 0.633. The molecule has 5 rings (SSSR count). The summed E-state index contributed by atoms with van der Waals surface area (Å²) in [6.45, 7) is 3.46. The van der Waals surface area contributed by atoms with Crippen molar-refractivity contribution in [2.75, 3.05) is 31.1 Å². The molecule has 2 atom stereocenters. The van der Waals surface area contributed by atoms with Crippen molar-refractivity contribution in [3.63, 3.8) is 0 Å². The first-order chi connectivity index (χ1) is 13.4. The lowest BCUT2D eigenvalue weighted by atomic mass is 10.1. The zero-order valence-electron chi connectivity index (χ0n) is 15.2. The number of hydrogen-bond donors (Lipinski definition) is 1. The van der Waals surface area contributed by atoms with E-state index in [0.29, 0.717) is 17.7 Å². The van der Waals surface area contributed by atoms with Crippen LogP contribution in [0.2, 0.25) is 0 Å². The van der Waals surface area contributed by atoms with E-state index in [4.69, 9.17) is 0 Å². The first kappa shape index (κ1) is 17.2. The number of hydrogen-bond acceptors (Lipinski definition) is 6. The minimum absolute atomic E-state index is 0.104. The Hall–Kier alpha value is -2.94. The van der Waals surface area contributed by atoms with Crippen LogP contribution in [0.1, 0.15) is 35.7 Å². The third-order valence-electron chi connectivity index (χ3n) is 6.15. The predicted molar refractivity (Wildman–Crippen MR) is 102 cm³/mol. The van der Waals surface area contributed by atoms with Gasteiger partial charge in [-0.2, -0.15) is 0 Å². The fraction of sp³-hybridized carbons (Fsp3) is 0.474. The van der Waals surface area contributed by atoms with Crippen LogP contribution in [-0.4, -0.2) is 57.7 Å². The molecular formula is C19H20N4O5. The standard InChI is InChI=1S/C19H20N4O5/c24-18-13-7-17(23(27)28)16(21-6-5-20-4-3-12(21)9-20)8-15(13)22(11-1-2-11)10-14(18)19(25)26/h7-8,10-12H,1-6,9H2,(H,25,26). The largest absolute Gasteiger partial charge is 0.477 e. The molecule has 2 saturated heterocycles. The van der Waals surface area contributed by atoms with Crippen molar-refractivity contribution >= 4 is 28.2 Å². The van der Waals surface area contributed by atoms with E-state index in [1.165, 1.54) is 12.3 Å². The molecule has 1 aliphatic carbocycles. The van der Waals surface area contributed by atoms with E-state index >= 15 is 0 Å². The highest BCUT2D eigenvalue weighted by molar-refractivity contribution is 5.95. The molecular weight excluding hydrogens is 364 g/mol. The number of carbonyl (C=O) groups is 1. The average Bonchev–Trinajstić information content (AvgIpc) is 3.44. The Bertz CT molecular complexity index is 1070. The van der Waals surface area contributed by atoms with E-state index in [1.54, 1.807) is 6.07 Å². The van der Waals surface area contributed by atoms with Gasteiger partial charge in [-0.05, 0) is 25.3 Å². The van der Waals surface area contributed by atoms with Crippen molar-refractivity contribution < 1.29 is 14.8 Å². The first-order valence-corrected chi connectivity index (χ1v) is 9.53. The van der Waals surface area contributed by atoms with Crippen LogP contribution in [0.15, 0.2) is 23.1 Å². The van der Waals surface area contributed by atoms with Gasteiger partial charge in [-0.1, -0.05) is 0 Å². The first-order valence-electron chi connectivity index (χ1n) is 9.53. The Morgan fingerprint density at radius 1 is 1.14 bits per heavy atom. The second-order valence-electron chi connectivity index (χ2n) is 7.87. The highest BCUT2D eigenvalue weighted by atomic mass is 16.6. The summed E-state index contributed by atoms with van der Waals surface area (Å²) in [4.78, 5) is 40.0. The number of piperazine rings is 1. The highest BCUT2D eigenvalue weighted by Gasteiger charge is 2.36. The fourth-order valence-corrected chi connectivity index (χ4v) is 4.58. The molecule has 9 nitrogen and oxygen atoms in total. The van der Waals surface area contributed by atoms with Crippen LogP contribution >= 0.6 is 0 Å². The number of aromatic nitrogens is 1. The highest BCUT2D eigenvalue weighted by Crippen LogP contribution is 2.41. The van der Waals surface area contributed by atoms with Gasteiger partial charge in [0.1, 0.15) is 11.3 Å². The fourth-order valence-electron chi connectivity index (χ4n) is 4.58. The summed E-state index contributed by atoms with van der Waals surface area (Å²) in [6.07, 6.45) is 4.17. The maximum atomic E-state index is 12.7. The topological polar surface area (TPSA) is 109 Å². The summed E-state index contributed by atoms with van der Waals surface area (Å²) in [7, 11) is 0. The number of fused-ring (bicyclic) bond motifs is 3. The van der Waals surface area contributed by atoms with Gasteiger partial charge in [0.25, 0.3) is 5.69 Å². The van der Waals surface area contributed by atoms with E-state index in [0.717, 1.165) is 38.9 Å². The van der Waals surface area contributed by atoms with E-state index in [1.807, 2.05) is 4.57 Å². The maximum absolute atomic E-state index is 12.7. The van der Waals surface area contributed by atoms with Gasteiger partial charge in [0.05, 0.1) is 15.8 Å². The van der Waals surface area contributed by atoms with Crippen molar-refractivity contribution in [1.82, 2.24) is 9.47 Å². The molecule has 146 valence electrons. The van der Waals surface area contributed by atoms with Gasteiger partial charge in [0.15, 0.2) is 0 Å². The molecule has 3 heterocycles. The molecule has 3 aliphatic rings. The predicted octanol–water partition coefficient (Wildman–Crippen LogP) is 1.84. The van der Waals surface area contributed by atoms with Crippen molar-refractivity contribution in [2.24, 2.45) is 0 Å². The second kappa shape index (κ2) is 6.03. The second-order valence-corrected chi connectivity index (χ2v) is 7.87. The number of carboxylic acids is 1. The van der Waals surface area contributed by atoms with Crippen LogP contribution in [0.3, 0.4) is 0 Å². The van der Waals surface area contributed by atoms with Crippen molar-refractivity contribution in [3.05, 3.63) is 44.2 Å². The van der Waals surface area contributed by atoms with Gasteiger partial charge in [-0.25, -0.2) is 4.79 Å². The Balaban J connectivity index is 1.77. The van der Waals surface area contributed by atoms with Gasteiger partial charge in [-0.15, -0.1) is 0 Å². The molecule has 2 unspecified atom stereocenters. The summed E-state index contributed by atoms with van der Waals surface area (Å²) in [6, 6.07) is 3.37. The summed E-state index contributed by atoms with van der Waals surface area (Å²) in [5.41, 5.74) is -0.0279. The summed E-state index contributed by atoms with van der Waals surface area (Å²) < 4.78 is 1.82. The van der Waals surface area contributed by atoms with E-state index in [2.05, 4.69) is 9.80 Å². The molecule has 1 N–H and O–H groups in total.